The lowest BCUT2D eigenvalue weighted by atomic mass is 10.1. The number of nitrogens with zero attached hydrogens (tertiary/aromatic N) is 3. The summed E-state index contributed by atoms with van der Waals surface area (Å²) in [6.07, 6.45) is 1.26. The van der Waals surface area contributed by atoms with Gasteiger partial charge in [0.25, 0.3) is 5.91 Å². The van der Waals surface area contributed by atoms with Crippen molar-refractivity contribution >= 4 is 5.91 Å². The van der Waals surface area contributed by atoms with Gasteiger partial charge in [0.15, 0.2) is 0 Å². The van der Waals surface area contributed by atoms with Gasteiger partial charge in [0.05, 0.1) is 0 Å². The molecule has 0 aliphatic carbocycles. The number of nitrogens with one attached hydrogen (secondary N) is 1. The fourth-order valence-corrected chi connectivity index (χ4v) is 3.62. The van der Waals surface area contributed by atoms with Crippen LogP contribution >= 0.6 is 0 Å². The van der Waals surface area contributed by atoms with Gasteiger partial charge < -0.3 is 10.2 Å². The van der Waals surface area contributed by atoms with Crippen molar-refractivity contribution in [1.82, 2.24) is 20.0 Å². The van der Waals surface area contributed by atoms with Crippen LogP contribution in [0.4, 0.5) is 0 Å². The maximum atomic E-state index is 12.1. The van der Waals surface area contributed by atoms with Crippen molar-refractivity contribution in [1.29, 1.82) is 0 Å². The Bertz CT molecular complexity index is 540. The third-order valence-corrected chi connectivity index (χ3v) is 4.90. The summed E-state index contributed by atoms with van der Waals surface area (Å²) in [7, 11) is 3.60. The lowest BCUT2D eigenvalue weighted by molar-refractivity contribution is 0.0827. The summed E-state index contributed by atoms with van der Waals surface area (Å²) >= 11 is 0. The molecule has 1 N–H and O–H groups in total. The van der Waals surface area contributed by atoms with Gasteiger partial charge >= 0.3 is 0 Å². The molecule has 1 atom stereocenters. The standard InChI is InChI=1S/C18H28N4O/c1-20(2)18(23)16-5-3-4-15(12-16)13-21-9-6-17(14-21)22-10-7-19-8-11-22/h3-5,12,17,19H,6-11,13-14H2,1-2H3. The maximum Gasteiger partial charge on any atom is 0.253 e. The van der Waals surface area contributed by atoms with Crippen molar-refractivity contribution in [3.63, 3.8) is 0 Å². The van der Waals surface area contributed by atoms with Crippen molar-refractivity contribution in [2.45, 2.75) is 19.0 Å². The van der Waals surface area contributed by atoms with Crippen molar-refractivity contribution in [3.05, 3.63) is 35.4 Å². The van der Waals surface area contributed by atoms with Crippen LogP contribution in [-0.2, 0) is 6.54 Å². The molecule has 0 spiro atoms. The van der Waals surface area contributed by atoms with E-state index in [1.165, 1.54) is 25.1 Å². The third kappa shape index (κ3) is 4.10. The van der Waals surface area contributed by atoms with E-state index in [1.54, 1.807) is 19.0 Å². The zero-order valence-electron chi connectivity index (χ0n) is 14.3. The average molecular weight is 316 g/mol. The van der Waals surface area contributed by atoms with Gasteiger partial charge in [-0.15, -0.1) is 0 Å². The Morgan fingerprint density at radius 3 is 2.78 bits per heavy atom. The predicted octanol–water partition coefficient (Wildman–Crippen LogP) is 0.868. The van der Waals surface area contributed by atoms with Gasteiger partial charge in [-0.05, 0) is 24.1 Å². The molecule has 2 aliphatic rings. The van der Waals surface area contributed by atoms with Crippen LogP contribution in [0, 0.1) is 0 Å². The van der Waals surface area contributed by atoms with Crippen molar-refractivity contribution in [2.75, 3.05) is 53.4 Å². The first-order valence-corrected chi connectivity index (χ1v) is 8.61. The fraction of sp³-hybridized carbons (Fsp3) is 0.611. The van der Waals surface area contributed by atoms with Crippen LogP contribution in [0.3, 0.4) is 0 Å². The molecule has 1 amide bonds. The van der Waals surface area contributed by atoms with Crippen LogP contribution in [0.5, 0.6) is 0 Å². The molecule has 1 aromatic rings. The molecular weight excluding hydrogens is 288 g/mol. The number of piperazine rings is 1. The molecule has 5 heteroatoms. The smallest absolute Gasteiger partial charge is 0.253 e. The summed E-state index contributed by atoms with van der Waals surface area (Å²) in [4.78, 5) is 18.9. The van der Waals surface area contributed by atoms with Crippen LogP contribution < -0.4 is 5.32 Å². The third-order valence-electron chi connectivity index (χ3n) is 4.90. The molecule has 2 heterocycles. The van der Waals surface area contributed by atoms with E-state index in [1.807, 2.05) is 18.2 Å². The summed E-state index contributed by atoms with van der Waals surface area (Å²) in [6, 6.07) is 8.77. The lowest BCUT2D eigenvalue weighted by Crippen LogP contribution is -2.49. The first-order valence-electron chi connectivity index (χ1n) is 8.61. The zero-order chi connectivity index (χ0) is 16.2. The van der Waals surface area contributed by atoms with Gasteiger partial charge in [0.2, 0.25) is 0 Å². The van der Waals surface area contributed by atoms with Gasteiger partial charge in [-0.3, -0.25) is 14.6 Å². The Morgan fingerprint density at radius 2 is 2.04 bits per heavy atom. The highest BCUT2D eigenvalue weighted by Crippen LogP contribution is 2.19. The monoisotopic (exact) mass is 316 g/mol. The zero-order valence-corrected chi connectivity index (χ0v) is 14.3. The predicted molar refractivity (Wildman–Crippen MR) is 92.6 cm³/mol. The van der Waals surface area contributed by atoms with Crippen molar-refractivity contribution < 1.29 is 4.79 Å². The molecule has 5 nitrogen and oxygen atoms in total. The Hall–Kier alpha value is -1.43. The second-order valence-electron chi connectivity index (χ2n) is 6.86. The van der Waals surface area contributed by atoms with Crippen molar-refractivity contribution in [3.8, 4) is 0 Å². The maximum absolute atomic E-state index is 12.1. The minimum Gasteiger partial charge on any atom is -0.345 e. The minimum atomic E-state index is 0.0759. The molecule has 0 radical (unpaired) electrons. The molecule has 23 heavy (non-hydrogen) atoms. The summed E-state index contributed by atoms with van der Waals surface area (Å²) in [5.41, 5.74) is 2.02. The largest absolute Gasteiger partial charge is 0.345 e. The van der Waals surface area contributed by atoms with E-state index < -0.39 is 0 Å². The Labute approximate surface area is 139 Å². The number of hydrogen-bond donors (Lipinski definition) is 1. The summed E-state index contributed by atoms with van der Waals surface area (Å²) in [6.45, 7) is 7.82. The molecule has 0 bridgehead atoms. The van der Waals surface area contributed by atoms with Gasteiger partial charge in [0, 0.05) is 71.5 Å². The number of carbonyl (C=O) groups is 1. The summed E-state index contributed by atoms with van der Waals surface area (Å²) < 4.78 is 0. The molecule has 0 aromatic heterocycles. The molecule has 126 valence electrons. The minimum absolute atomic E-state index is 0.0759. The fourth-order valence-electron chi connectivity index (χ4n) is 3.62. The lowest BCUT2D eigenvalue weighted by Gasteiger charge is -2.32. The van der Waals surface area contributed by atoms with Gasteiger partial charge in [-0.1, -0.05) is 12.1 Å². The number of carbonyl (C=O) groups excluding carboxylic acids is 1. The van der Waals surface area contributed by atoms with Crippen LogP contribution in [0.2, 0.25) is 0 Å². The number of likely N-dealkylation sites (tertiary alicyclic amines) is 1. The van der Waals surface area contributed by atoms with E-state index in [2.05, 4.69) is 21.2 Å². The van der Waals surface area contributed by atoms with Crippen LogP contribution in [0.25, 0.3) is 0 Å². The molecule has 2 saturated heterocycles. The first kappa shape index (κ1) is 16.4. The molecular formula is C18H28N4O. The second-order valence-corrected chi connectivity index (χ2v) is 6.86. The van der Waals surface area contributed by atoms with Crippen LogP contribution in [-0.4, -0.2) is 80.0 Å². The van der Waals surface area contributed by atoms with Crippen LogP contribution in [0.1, 0.15) is 22.3 Å². The first-order chi connectivity index (χ1) is 11.1. The van der Waals surface area contributed by atoms with E-state index in [0.717, 1.165) is 38.3 Å². The average Bonchev–Trinajstić information content (AvgIpc) is 3.03. The molecule has 2 fully saturated rings. The summed E-state index contributed by atoms with van der Waals surface area (Å²) in [5.74, 6) is 0.0759. The van der Waals surface area contributed by atoms with Gasteiger partial charge in [-0.2, -0.15) is 0 Å². The normalized spacial score (nSPS) is 23.1. The number of rotatable bonds is 4. The van der Waals surface area contributed by atoms with E-state index in [0.29, 0.717) is 6.04 Å². The van der Waals surface area contributed by atoms with Gasteiger partial charge in [0.1, 0.15) is 0 Å². The molecule has 0 saturated carbocycles. The highest BCUT2D eigenvalue weighted by atomic mass is 16.2. The quantitative estimate of drug-likeness (QED) is 0.895. The highest BCUT2D eigenvalue weighted by molar-refractivity contribution is 5.94. The molecule has 3 rings (SSSR count). The van der Waals surface area contributed by atoms with E-state index in [-0.39, 0.29) is 5.91 Å². The van der Waals surface area contributed by atoms with E-state index in [9.17, 15) is 4.79 Å². The SMILES string of the molecule is CN(C)C(=O)c1cccc(CN2CCC(N3CCNCC3)C2)c1. The number of hydrogen-bond acceptors (Lipinski definition) is 4. The van der Waals surface area contributed by atoms with E-state index in [4.69, 9.17) is 0 Å². The highest BCUT2D eigenvalue weighted by Gasteiger charge is 2.28. The van der Waals surface area contributed by atoms with Gasteiger partial charge in [-0.25, -0.2) is 0 Å². The Morgan fingerprint density at radius 1 is 1.26 bits per heavy atom. The summed E-state index contributed by atoms with van der Waals surface area (Å²) in [5, 5.41) is 3.42. The molecule has 1 aromatic carbocycles. The second kappa shape index (κ2) is 7.43. The number of amides is 1. The molecule has 2 aliphatic heterocycles. The topological polar surface area (TPSA) is 38.8 Å². The molecule has 1 unspecified atom stereocenters. The van der Waals surface area contributed by atoms with E-state index >= 15 is 0 Å². The van der Waals surface area contributed by atoms with Crippen molar-refractivity contribution in [2.24, 2.45) is 0 Å². The number of benzene rings is 1. The van der Waals surface area contributed by atoms with Crippen LogP contribution in [0.15, 0.2) is 24.3 Å². The Kier molecular flexibility index (Phi) is 5.30. The Balaban J connectivity index is 1.57.